The zero-order valence-corrected chi connectivity index (χ0v) is 14.1. The predicted molar refractivity (Wildman–Crippen MR) is 87.4 cm³/mol. The smallest absolute Gasteiger partial charge is 0.273 e. The Bertz CT molecular complexity index is 691. The zero-order valence-electron chi connectivity index (χ0n) is 13.3. The summed E-state index contributed by atoms with van der Waals surface area (Å²) in [6.07, 6.45) is 6.49. The van der Waals surface area contributed by atoms with Crippen molar-refractivity contribution in [1.82, 2.24) is 24.6 Å². The predicted octanol–water partition coefficient (Wildman–Crippen LogP) is 2.55. The molecule has 3 heterocycles. The molecule has 4 rings (SSSR count). The van der Waals surface area contributed by atoms with Crippen molar-refractivity contribution in [3.05, 3.63) is 28.7 Å². The van der Waals surface area contributed by atoms with Crippen molar-refractivity contribution in [2.75, 3.05) is 13.1 Å². The molecule has 1 amide bonds. The van der Waals surface area contributed by atoms with Crippen LogP contribution in [0.25, 0.3) is 0 Å². The van der Waals surface area contributed by atoms with Gasteiger partial charge in [-0.25, -0.2) is 4.98 Å². The van der Waals surface area contributed by atoms with Crippen LogP contribution in [0, 0.1) is 5.41 Å². The molecule has 1 aliphatic carbocycles. The van der Waals surface area contributed by atoms with Crippen molar-refractivity contribution in [2.45, 2.75) is 45.1 Å². The Morgan fingerprint density at radius 2 is 2.35 bits per heavy atom. The third-order valence-corrected chi connectivity index (χ3v) is 5.94. The van der Waals surface area contributed by atoms with Crippen LogP contribution in [0.4, 0.5) is 0 Å². The van der Waals surface area contributed by atoms with Crippen LogP contribution in [-0.4, -0.2) is 43.6 Å². The van der Waals surface area contributed by atoms with Crippen molar-refractivity contribution < 1.29 is 4.79 Å². The van der Waals surface area contributed by atoms with Crippen LogP contribution >= 0.6 is 11.3 Å². The summed E-state index contributed by atoms with van der Waals surface area (Å²) < 4.78 is 2.17. The Morgan fingerprint density at radius 1 is 1.48 bits per heavy atom. The van der Waals surface area contributed by atoms with Gasteiger partial charge in [-0.3, -0.25) is 4.79 Å². The van der Waals surface area contributed by atoms with Crippen molar-refractivity contribution in [1.29, 1.82) is 0 Å². The Hall–Kier alpha value is -1.76. The van der Waals surface area contributed by atoms with Crippen LogP contribution < -0.4 is 0 Å². The first-order valence-corrected chi connectivity index (χ1v) is 9.23. The Balaban J connectivity index is 1.62. The number of likely N-dealkylation sites (tertiary alicyclic amines) is 1. The summed E-state index contributed by atoms with van der Waals surface area (Å²) in [5, 5.41) is 10.4. The molecule has 1 unspecified atom stereocenters. The summed E-state index contributed by atoms with van der Waals surface area (Å²) >= 11 is 1.47. The molecule has 0 bridgehead atoms. The number of carbonyl (C=O) groups is 1. The molecule has 1 saturated heterocycles. The minimum atomic E-state index is 0.0570. The molecule has 7 heteroatoms. The topological polar surface area (TPSA) is 63.9 Å². The van der Waals surface area contributed by atoms with E-state index in [-0.39, 0.29) is 11.3 Å². The highest BCUT2D eigenvalue weighted by Crippen LogP contribution is 2.55. The molecular weight excluding hydrogens is 310 g/mol. The second-order valence-electron chi connectivity index (χ2n) is 6.71. The van der Waals surface area contributed by atoms with Crippen molar-refractivity contribution in [3.63, 3.8) is 0 Å². The van der Waals surface area contributed by atoms with Gasteiger partial charge in [-0.1, -0.05) is 13.3 Å². The maximum Gasteiger partial charge on any atom is 0.273 e. The van der Waals surface area contributed by atoms with Crippen molar-refractivity contribution in [3.8, 4) is 0 Å². The lowest BCUT2D eigenvalue weighted by Crippen LogP contribution is -2.38. The Morgan fingerprint density at radius 3 is 3.00 bits per heavy atom. The Labute approximate surface area is 139 Å². The number of amides is 1. The normalized spacial score (nSPS) is 22.5. The van der Waals surface area contributed by atoms with E-state index < -0.39 is 0 Å². The number of thiazole rings is 1. The molecule has 2 aromatic rings. The lowest BCUT2D eigenvalue weighted by atomic mass is 9.62. The fraction of sp³-hybridized carbons (Fsp3) is 0.625. The summed E-state index contributed by atoms with van der Waals surface area (Å²) in [6.45, 7) is 4.66. The van der Waals surface area contributed by atoms with E-state index in [1.54, 1.807) is 5.51 Å². The summed E-state index contributed by atoms with van der Waals surface area (Å²) in [5.41, 5.74) is 2.49. The van der Waals surface area contributed by atoms with Gasteiger partial charge in [0, 0.05) is 30.9 Å². The maximum absolute atomic E-state index is 12.7. The molecule has 1 spiro atoms. The van der Waals surface area contributed by atoms with Gasteiger partial charge in [-0.2, -0.15) is 0 Å². The minimum absolute atomic E-state index is 0.0570. The second-order valence-corrected chi connectivity index (χ2v) is 7.43. The Kier molecular flexibility index (Phi) is 3.67. The van der Waals surface area contributed by atoms with E-state index >= 15 is 0 Å². The van der Waals surface area contributed by atoms with E-state index in [1.165, 1.54) is 30.6 Å². The third kappa shape index (κ3) is 2.38. The average molecular weight is 331 g/mol. The molecule has 2 aliphatic rings. The summed E-state index contributed by atoms with van der Waals surface area (Å²) in [7, 11) is 0. The molecular formula is C16H21N5OS. The zero-order chi connectivity index (χ0) is 15.9. The van der Waals surface area contributed by atoms with Gasteiger partial charge in [0.25, 0.3) is 5.91 Å². The van der Waals surface area contributed by atoms with E-state index in [4.69, 9.17) is 0 Å². The van der Waals surface area contributed by atoms with Gasteiger partial charge < -0.3 is 9.47 Å². The molecule has 1 saturated carbocycles. The number of carbonyl (C=O) groups excluding carboxylic acids is 1. The maximum atomic E-state index is 12.7. The number of aromatic nitrogens is 4. The number of hydrogen-bond acceptors (Lipinski definition) is 5. The highest BCUT2D eigenvalue weighted by Gasteiger charge is 2.53. The van der Waals surface area contributed by atoms with Gasteiger partial charge in [0.1, 0.15) is 17.8 Å². The van der Waals surface area contributed by atoms with Crippen LogP contribution in [0.5, 0.6) is 0 Å². The highest BCUT2D eigenvalue weighted by molar-refractivity contribution is 7.07. The molecule has 6 nitrogen and oxygen atoms in total. The standard InChI is InChI=1S/C16H21N5OS/c1-2-6-20-10-18-19-14(20)12-7-21(9-16(12)4-3-5-16)15(22)13-8-23-11-17-13/h8,10-12H,2-7,9H2,1H3. The fourth-order valence-corrected chi connectivity index (χ4v) is 4.57. The lowest BCUT2D eigenvalue weighted by Gasteiger charge is -2.42. The number of rotatable bonds is 4. The van der Waals surface area contributed by atoms with Crippen LogP contribution in [0.2, 0.25) is 0 Å². The van der Waals surface area contributed by atoms with Crippen LogP contribution in [0.1, 0.15) is 54.8 Å². The quantitative estimate of drug-likeness (QED) is 0.864. The summed E-state index contributed by atoms with van der Waals surface area (Å²) in [6, 6.07) is 0. The van der Waals surface area contributed by atoms with Crippen LogP contribution in [0.3, 0.4) is 0 Å². The average Bonchev–Trinajstić information content (AvgIpc) is 3.24. The van der Waals surface area contributed by atoms with Gasteiger partial charge in [-0.05, 0) is 24.7 Å². The van der Waals surface area contributed by atoms with Crippen molar-refractivity contribution in [2.24, 2.45) is 5.41 Å². The highest BCUT2D eigenvalue weighted by atomic mass is 32.1. The molecule has 1 aliphatic heterocycles. The van der Waals surface area contributed by atoms with E-state index in [1.807, 2.05) is 16.6 Å². The van der Waals surface area contributed by atoms with Gasteiger partial charge in [0.05, 0.1) is 5.51 Å². The SMILES string of the molecule is CCCn1cnnc1C1CN(C(=O)c2cscn2)CC12CCC2. The fourth-order valence-electron chi connectivity index (χ4n) is 4.04. The van der Waals surface area contributed by atoms with E-state index in [0.29, 0.717) is 11.6 Å². The molecule has 23 heavy (non-hydrogen) atoms. The van der Waals surface area contributed by atoms with Gasteiger partial charge in [0.15, 0.2) is 0 Å². The molecule has 0 aromatic carbocycles. The summed E-state index contributed by atoms with van der Waals surface area (Å²) in [5.74, 6) is 1.41. The second kappa shape index (κ2) is 5.70. The molecule has 0 radical (unpaired) electrons. The first kappa shape index (κ1) is 14.8. The third-order valence-electron chi connectivity index (χ3n) is 5.36. The van der Waals surface area contributed by atoms with E-state index in [0.717, 1.165) is 31.9 Å². The molecule has 2 fully saturated rings. The van der Waals surface area contributed by atoms with Crippen LogP contribution in [0.15, 0.2) is 17.2 Å². The van der Waals surface area contributed by atoms with E-state index in [2.05, 4.69) is 26.7 Å². The molecule has 2 aromatic heterocycles. The minimum Gasteiger partial charge on any atom is -0.336 e. The van der Waals surface area contributed by atoms with Crippen molar-refractivity contribution >= 4 is 17.2 Å². The molecule has 0 N–H and O–H groups in total. The first-order valence-electron chi connectivity index (χ1n) is 8.29. The van der Waals surface area contributed by atoms with E-state index in [9.17, 15) is 4.79 Å². The molecule has 122 valence electrons. The first-order chi connectivity index (χ1) is 11.2. The lowest BCUT2D eigenvalue weighted by molar-refractivity contribution is 0.0718. The van der Waals surface area contributed by atoms with Crippen LogP contribution in [-0.2, 0) is 6.54 Å². The largest absolute Gasteiger partial charge is 0.336 e. The van der Waals surface area contributed by atoms with Gasteiger partial charge in [-0.15, -0.1) is 21.5 Å². The van der Waals surface area contributed by atoms with Gasteiger partial charge >= 0.3 is 0 Å². The number of hydrogen-bond donors (Lipinski definition) is 0. The number of aryl methyl sites for hydroxylation is 1. The molecule has 1 atom stereocenters. The number of nitrogens with zero attached hydrogens (tertiary/aromatic N) is 5. The summed E-state index contributed by atoms with van der Waals surface area (Å²) in [4.78, 5) is 18.8. The van der Waals surface area contributed by atoms with Gasteiger partial charge in [0.2, 0.25) is 0 Å². The monoisotopic (exact) mass is 331 g/mol.